The standard InChI is InChI=1S/C29H24Cl2N2O5S/c1-39(36,37)33(18-21-9-5-6-10-26(21)31)23-12-14-24(15-13-23)38-19-28(34)32-27-16-11-22(30)17-25(27)29(35)20-7-3-2-4-8-20/h2-17H,18-19H2,1H3,(H,32,34). The van der Waals surface area contributed by atoms with E-state index < -0.39 is 15.9 Å². The topological polar surface area (TPSA) is 92.8 Å². The first-order valence-corrected chi connectivity index (χ1v) is 14.4. The summed E-state index contributed by atoms with van der Waals surface area (Å²) in [7, 11) is -3.61. The Hall–Kier alpha value is -3.85. The van der Waals surface area contributed by atoms with E-state index in [1.165, 1.54) is 10.4 Å². The van der Waals surface area contributed by atoms with Crippen LogP contribution in [0.25, 0.3) is 0 Å². The van der Waals surface area contributed by atoms with Crippen LogP contribution in [0, 0.1) is 0 Å². The largest absolute Gasteiger partial charge is 0.484 e. The van der Waals surface area contributed by atoms with Crippen molar-refractivity contribution in [2.24, 2.45) is 0 Å². The second-order valence-corrected chi connectivity index (χ2v) is 11.3. The van der Waals surface area contributed by atoms with E-state index in [0.29, 0.717) is 38.3 Å². The van der Waals surface area contributed by atoms with Crippen LogP contribution < -0.4 is 14.4 Å². The van der Waals surface area contributed by atoms with Gasteiger partial charge in [0.05, 0.1) is 24.2 Å². The number of sulfonamides is 1. The Morgan fingerprint density at radius 3 is 2.21 bits per heavy atom. The van der Waals surface area contributed by atoms with Gasteiger partial charge in [-0.1, -0.05) is 71.7 Å². The summed E-state index contributed by atoms with van der Waals surface area (Å²) in [6.07, 6.45) is 1.12. The van der Waals surface area contributed by atoms with E-state index in [4.69, 9.17) is 27.9 Å². The number of benzene rings is 4. The Morgan fingerprint density at radius 2 is 1.54 bits per heavy atom. The van der Waals surface area contributed by atoms with E-state index in [2.05, 4.69) is 5.32 Å². The number of halogens is 2. The minimum atomic E-state index is -3.61. The highest BCUT2D eigenvalue weighted by Gasteiger charge is 2.20. The molecule has 0 unspecified atom stereocenters. The van der Waals surface area contributed by atoms with Gasteiger partial charge in [-0.3, -0.25) is 13.9 Å². The number of rotatable bonds is 10. The molecule has 4 rings (SSSR count). The number of hydrogen-bond donors (Lipinski definition) is 1. The van der Waals surface area contributed by atoms with Gasteiger partial charge in [0.25, 0.3) is 5.91 Å². The van der Waals surface area contributed by atoms with Gasteiger partial charge >= 0.3 is 0 Å². The number of carbonyl (C=O) groups excluding carboxylic acids is 2. The first kappa shape index (κ1) is 28.2. The smallest absolute Gasteiger partial charge is 0.262 e. The summed E-state index contributed by atoms with van der Waals surface area (Å²) in [4.78, 5) is 25.6. The van der Waals surface area contributed by atoms with E-state index in [-0.39, 0.29) is 24.5 Å². The van der Waals surface area contributed by atoms with Crippen LogP contribution in [0.4, 0.5) is 11.4 Å². The fourth-order valence-corrected chi connectivity index (χ4v) is 5.03. The van der Waals surface area contributed by atoms with Gasteiger partial charge in [0.15, 0.2) is 12.4 Å². The van der Waals surface area contributed by atoms with Crippen molar-refractivity contribution in [2.45, 2.75) is 6.54 Å². The zero-order valence-electron chi connectivity index (χ0n) is 20.8. The molecule has 4 aromatic carbocycles. The zero-order valence-corrected chi connectivity index (χ0v) is 23.1. The van der Waals surface area contributed by atoms with Crippen LogP contribution >= 0.6 is 23.2 Å². The number of ether oxygens (including phenoxy) is 1. The monoisotopic (exact) mass is 582 g/mol. The maximum absolute atomic E-state index is 13.0. The van der Waals surface area contributed by atoms with Crippen LogP contribution in [0.5, 0.6) is 5.75 Å². The summed E-state index contributed by atoms with van der Waals surface area (Å²) < 4.78 is 31.8. The molecule has 0 aliphatic rings. The van der Waals surface area contributed by atoms with Crippen molar-refractivity contribution in [3.05, 3.63) is 124 Å². The van der Waals surface area contributed by atoms with Crippen LogP contribution in [0.15, 0.2) is 97.1 Å². The Bertz CT molecular complexity index is 1590. The lowest BCUT2D eigenvalue weighted by molar-refractivity contribution is -0.118. The lowest BCUT2D eigenvalue weighted by Gasteiger charge is -2.23. The van der Waals surface area contributed by atoms with Crippen molar-refractivity contribution in [2.75, 3.05) is 22.5 Å². The quantitative estimate of drug-likeness (QED) is 0.224. The van der Waals surface area contributed by atoms with Crippen molar-refractivity contribution >= 4 is 56.3 Å². The van der Waals surface area contributed by atoms with E-state index in [9.17, 15) is 18.0 Å². The molecule has 200 valence electrons. The predicted octanol–water partition coefficient (Wildman–Crippen LogP) is 6.21. The zero-order chi connectivity index (χ0) is 28.0. The van der Waals surface area contributed by atoms with Gasteiger partial charge in [-0.05, 0) is 54.1 Å². The minimum absolute atomic E-state index is 0.0617. The molecular weight excluding hydrogens is 559 g/mol. The fraction of sp³-hybridized carbons (Fsp3) is 0.103. The third-order valence-electron chi connectivity index (χ3n) is 5.70. The van der Waals surface area contributed by atoms with Crippen molar-refractivity contribution in [3.8, 4) is 5.75 Å². The highest BCUT2D eigenvalue weighted by Crippen LogP contribution is 2.27. The second-order valence-electron chi connectivity index (χ2n) is 8.58. The SMILES string of the molecule is CS(=O)(=O)N(Cc1ccccc1Cl)c1ccc(OCC(=O)Nc2ccc(Cl)cc2C(=O)c2ccccc2)cc1. The summed E-state index contributed by atoms with van der Waals surface area (Å²) in [5, 5.41) is 3.52. The molecule has 39 heavy (non-hydrogen) atoms. The summed E-state index contributed by atoms with van der Waals surface area (Å²) in [5.41, 5.74) is 2.10. The molecule has 0 aromatic heterocycles. The first-order chi connectivity index (χ1) is 18.6. The molecule has 0 spiro atoms. The van der Waals surface area contributed by atoms with Crippen molar-refractivity contribution in [1.29, 1.82) is 0 Å². The molecule has 4 aromatic rings. The van der Waals surface area contributed by atoms with Gasteiger partial charge in [0.2, 0.25) is 10.0 Å². The third-order valence-corrected chi connectivity index (χ3v) is 7.45. The molecule has 0 saturated carbocycles. The molecule has 1 amide bonds. The van der Waals surface area contributed by atoms with Crippen molar-refractivity contribution in [1.82, 2.24) is 0 Å². The average Bonchev–Trinajstić information content (AvgIpc) is 2.92. The number of anilines is 2. The van der Waals surface area contributed by atoms with Gasteiger partial charge in [0, 0.05) is 21.2 Å². The van der Waals surface area contributed by atoms with Gasteiger partial charge in [-0.25, -0.2) is 8.42 Å². The summed E-state index contributed by atoms with van der Waals surface area (Å²) in [6, 6.07) is 26.6. The van der Waals surface area contributed by atoms with Crippen LogP contribution in [-0.4, -0.2) is 33.0 Å². The molecule has 0 atom stereocenters. The molecule has 0 fully saturated rings. The van der Waals surface area contributed by atoms with E-state index in [1.54, 1.807) is 91.0 Å². The molecule has 1 N–H and O–H groups in total. The van der Waals surface area contributed by atoms with Crippen molar-refractivity contribution < 1.29 is 22.7 Å². The summed E-state index contributed by atoms with van der Waals surface area (Å²) >= 11 is 12.3. The van der Waals surface area contributed by atoms with Crippen LogP contribution in [0.3, 0.4) is 0 Å². The van der Waals surface area contributed by atoms with Gasteiger partial charge < -0.3 is 10.1 Å². The maximum Gasteiger partial charge on any atom is 0.262 e. The number of ketones is 1. The van der Waals surface area contributed by atoms with E-state index in [1.807, 2.05) is 0 Å². The number of nitrogens with zero attached hydrogens (tertiary/aromatic N) is 1. The molecular formula is C29H24Cl2N2O5S. The molecule has 0 heterocycles. The third kappa shape index (κ3) is 7.38. The van der Waals surface area contributed by atoms with Crippen LogP contribution in [0.2, 0.25) is 10.0 Å². The fourth-order valence-electron chi connectivity index (χ4n) is 3.78. The maximum atomic E-state index is 13.0. The Morgan fingerprint density at radius 1 is 0.872 bits per heavy atom. The minimum Gasteiger partial charge on any atom is -0.484 e. The van der Waals surface area contributed by atoms with E-state index in [0.717, 1.165) is 6.26 Å². The Kier molecular flexibility index (Phi) is 8.91. The number of hydrogen-bond acceptors (Lipinski definition) is 5. The first-order valence-electron chi connectivity index (χ1n) is 11.7. The average molecular weight is 583 g/mol. The van der Waals surface area contributed by atoms with Crippen LogP contribution in [-0.2, 0) is 21.4 Å². The molecule has 0 aliphatic carbocycles. The Balaban J connectivity index is 1.43. The predicted molar refractivity (Wildman–Crippen MR) is 154 cm³/mol. The van der Waals surface area contributed by atoms with E-state index >= 15 is 0 Å². The summed E-state index contributed by atoms with van der Waals surface area (Å²) in [5.74, 6) is -0.408. The number of nitrogens with one attached hydrogen (secondary N) is 1. The van der Waals surface area contributed by atoms with Gasteiger partial charge in [-0.2, -0.15) is 0 Å². The lowest BCUT2D eigenvalue weighted by atomic mass is 10.0. The highest BCUT2D eigenvalue weighted by molar-refractivity contribution is 7.92. The number of amides is 1. The van der Waals surface area contributed by atoms with Crippen molar-refractivity contribution in [3.63, 3.8) is 0 Å². The molecule has 7 nitrogen and oxygen atoms in total. The second kappa shape index (κ2) is 12.3. The summed E-state index contributed by atoms with van der Waals surface area (Å²) in [6.45, 7) is -0.275. The highest BCUT2D eigenvalue weighted by atomic mass is 35.5. The molecule has 0 aliphatic heterocycles. The number of carbonyl (C=O) groups is 2. The lowest BCUT2D eigenvalue weighted by Crippen LogP contribution is -2.29. The molecule has 0 saturated heterocycles. The van der Waals surface area contributed by atoms with Gasteiger partial charge in [-0.15, -0.1) is 0 Å². The normalized spacial score (nSPS) is 11.1. The molecule has 0 bridgehead atoms. The van der Waals surface area contributed by atoms with Gasteiger partial charge in [0.1, 0.15) is 5.75 Å². The molecule has 10 heteroatoms. The molecule has 0 radical (unpaired) electrons. The van der Waals surface area contributed by atoms with Crippen LogP contribution in [0.1, 0.15) is 21.5 Å². The Labute approximate surface area is 237 Å².